The van der Waals surface area contributed by atoms with Crippen LogP contribution < -0.4 is 5.73 Å². The summed E-state index contributed by atoms with van der Waals surface area (Å²) in [7, 11) is -4.59. The molecule has 0 aliphatic heterocycles. The lowest BCUT2D eigenvalue weighted by Crippen LogP contribution is -2.44. The zero-order valence-corrected chi connectivity index (χ0v) is 21.3. The molecule has 3 aromatic rings. The van der Waals surface area contributed by atoms with Crippen LogP contribution >= 0.6 is 31.2 Å². The number of nitrogens with two attached hydrogens (primary N) is 1. The highest BCUT2D eigenvalue weighted by Crippen LogP contribution is 2.40. The molecule has 0 spiro atoms. The highest BCUT2D eigenvalue weighted by atomic mass is 35.5. The van der Waals surface area contributed by atoms with E-state index in [4.69, 9.17) is 27.1 Å². The van der Waals surface area contributed by atoms with Crippen molar-refractivity contribution in [1.29, 1.82) is 0 Å². The van der Waals surface area contributed by atoms with Crippen molar-refractivity contribution in [2.45, 2.75) is 47.9 Å². The SMILES string of the molecule is CCC[C@](N)(CCc1ccc(Sc2cc(-c3ccccc3)ccc2O)cc1Cl)COP(=O)(O)O. The van der Waals surface area contributed by atoms with Crippen molar-refractivity contribution in [1.82, 2.24) is 0 Å². The molecule has 0 fully saturated rings. The Balaban J connectivity index is 1.71. The van der Waals surface area contributed by atoms with E-state index >= 15 is 0 Å². The van der Waals surface area contributed by atoms with E-state index in [2.05, 4.69) is 4.52 Å². The fourth-order valence-electron chi connectivity index (χ4n) is 3.69. The van der Waals surface area contributed by atoms with Gasteiger partial charge in [-0.15, -0.1) is 0 Å². The number of phenols is 1. The number of aromatic hydroxyl groups is 1. The molecule has 0 saturated carbocycles. The summed E-state index contributed by atoms with van der Waals surface area (Å²) >= 11 is 7.97. The lowest BCUT2D eigenvalue weighted by Gasteiger charge is -2.29. The van der Waals surface area contributed by atoms with Gasteiger partial charge < -0.3 is 20.6 Å². The number of phosphoric ester groups is 1. The van der Waals surface area contributed by atoms with Crippen LogP contribution in [0.4, 0.5) is 0 Å². The van der Waals surface area contributed by atoms with Gasteiger partial charge in [0.25, 0.3) is 0 Å². The third-order valence-corrected chi connectivity index (χ3v) is 7.33. The average molecular weight is 522 g/mol. The number of halogens is 1. The summed E-state index contributed by atoms with van der Waals surface area (Å²) in [4.78, 5) is 19.7. The Kier molecular flexibility index (Phi) is 9.24. The molecule has 0 aliphatic carbocycles. The van der Waals surface area contributed by atoms with Gasteiger partial charge in [0.1, 0.15) is 5.75 Å². The highest BCUT2D eigenvalue weighted by molar-refractivity contribution is 7.99. The molecular formula is C25H29ClNO5PS. The summed E-state index contributed by atoms with van der Waals surface area (Å²) < 4.78 is 15.8. The predicted octanol–water partition coefficient (Wildman–Crippen LogP) is 6.40. The number of rotatable bonds is 11. The van der Waals surface area contributed by atoms with Crippen molar-refractivity contribution in [3.63, 3.8) is 0 Å². The van der Waals surface area contributed by atoms with Crippen LogP contribution in [0.25, 0.3) is 11.1 Å². The van der Waals surface area contributed by atoms with Crippen LogP contribution in [0.5, 0.6) is 5.75 Å². The first-order chi connectivity index (χ1) is 16.1. The second-order valence-electron chi connectivity index (χ2n) is 8.28. The van der Waals surface area contributed by atoms with Gasteiger partial charge in [-0.05, 0) is 60.2 Å². The average Bonchev–Trinajstić information content (AvgIpc) is 2.79. The minimum atomic E-state index is -4.59. The Labute approximate surface area is 209 Å². The first kappa shape index (κ1) is 26.8. The Morgan fingerprint density at radius 3 is 2.41 bits per heavy atom. The Morgan fingerprint density at radius 1 is 1.03 bits per heavy atom. The summed E-state index contributed by atoms with van der Waals surface area (Å²) in [6.45, 7) is 1.73. The molecule has 3 rings (SSSR count). The van der Waals surface area contributed by atoms with Crippen molar-refractivity contribution in [2.75, 3.05) is 6.61 Å². The molecule has 0 unspecified atom stereocenters. The van der Waals surface area contributed by atoms with Crippen LogP contribution in [-0.2, 0) is 15.5 Å². The van der Waals surface area contributed by atoms with Gasteiger partial charge in [0.2, 0.25) is 0 Å². The molecule has 1 atom stereocenters. The van der Waals surface area contributed by atoms with E-state index in [-0.39, 0.29) is 12.4 Å². The molecule has 0 radical (unpaired) electrons. The highest BCUT2D eigenvalue weighted by Gasteiger charge is 2.28. The largest absolute Gasteiger partial charge is 0.507 e. The number of phenolic OH excluding ortho intramolecular Hbond substituents is 1. The molecular weight excluding hydrogens is 493 g/mol. The molecule has 3 aromatic carbocycles. The molecule has 6 nitrogen and oxygen atoms in total. The molecule has 182 valence electrons. The summed E-state index contributed by atoms with van der Waals surface area (Å²) in [6, 6.07) is 21.2. The van der Waals surface area contributed by atoms with Gasteiger partial charge in [-0.25, -0.2) is 4.57 Å². The van der Waals surface area contributed by atoms with E-state index in [9.17, 15) is 9.67 Å². The van der Waals surface area contributed by atoms with Crippen molar-refractivity contribution in [3.05, 3.63) is 77.3 Å². The van der Waals surface area contributed by atoms with E-state index in [1.54, 1.807) is 6.07 Å². The molecule has 0 saturated heterocycles. The summed E-state index contributed by atoms with van der Waals surface area (Å²) in [6.07, 6.45) is 2.33. The van der Waals surface area contributed by atoms with Gasteiger partial charge in [-0.3, -0.25) is 4.52 Å². The van der Waals surface area contributed by atoms with Gasteiger partial charge >= 0.3 is 7.82 Å². The van der Waals surface area contributed by atoms with E-state index in [1.165, 1.54) is 11.8 Å². The van der Waals surface area contributed by atoms with Gasteiger partial charge in [-0.2, -0.15) is 0 Å². The molecule has 0 aromatic heterocycles. The number of phosphoric acid groups is 1. The Morgan fingerprint density at radius 2 is 1.76 bits per heavy atom. The molecule has 34 heavy (non-hydrogen) atoms. The van der Waals surface area contributed by atoms with Crippen LogP contribution in [-0.4, -0.2) is 27.0 Å². The summed E-state index contributed by atoms with van der Waals surface area (Å²) in [5.74, 6) is 0.197. The van der Waals surface area contributed by atoms with E-state index in [1.807, 2.05) is 67.6 Å². The van der Waals surface area contributed by atoms with Crippen LogP contribution in [0.1, 0.15) is 31.7 Å². The smallest absolute Gasteiger partial charge is 0.469 e. The first-order valence-electron chi connectivity index (χ1n) is 10.9. The van der Waals surface area contributed by atoms with Gasteiger partial charge in [0.15, 0.2) is 0 Å². The maximum Gasteiger partial charge on any atom is 0.469 e. The maximum absolute atomic E-state index is 11.1. The van der Waals surface area contributed by atoms with Gasteiger partial charge in [-0.1, -0.05) is 79.2 Å². The number of benzene rings is 3. The van der Waals surface area contributed by atoms with Crippen molar-refractivity contribution in [2.24, 2.45) is 5.73 Å². The summed E-state index contributed by atoms with van der Waals surface area (Å²) in [5.41, 5.74) is 8.48. The topological polar surface area (TPSA) is 113 Å². The predicted molar refractivity (Wildman–Crippen MR) is 137 cm³/mol. The normalized spacial score (nSPS) is 13.6. The van der Waals surface area contributed by atoms with E-state index in [0.29, 0.717) is 24.3 Å². The Hall–Kier alpha value is -1.83. The van der Waals surface area contributed by atoms with Crippen molar-refractivity contribution in [3.8, 4) is 16.9 Å². The lowest BCUT2D eigenvalue weighted by atomic mass is 9.89. The molecule has 5 N–H and O–H groups in total. The van der Waals surface area contributed by atoms with Crippen LogP contribution in [0.3, 0.4) is 0 Å². The van der Waals surface area contributed by atoms with Crippen LogP contribution in [0, 0.1) is 0 Å². The Bertz CT molecular complexity index is 1160. The fourth-order valence-corrected chi connectivity index (χ4v) is 5.38. The number of hydrogen-bond donors (Lipinski definition) is 4. The van der Waals surface area contributed by atoms with Crippen LogP contribution in [0.15, 0.2) is 76.5 Å². The molecule has 0 amide bonds. The molecule has 0 heterocycles. The van der Waals surface area contributed by atoms with Gasteiger partial charge in [0.05, 0.1) is 11.5 Å². The fraction of sp³-hybridized carbons (Fsp3) is 0.280. The van der Waals surface area contributed by atoms with Crippen LogP contribution in [0.2, 0.25) is 5.02 Å². The third-order valence-electron chi connectivity index (χ3n) is 5.48. The standard InChI is InChI=1S/C25H29ClNO5PS/c1-2-13-25(27,17-32-33(29,30)31)14-12-19-8-10-21(16-22(19)26)34-24-15-20(9-11-23(24)28)18-6-4-3-5-7-18/h3-11,15-16,28H,2,12-14,17,27H2,1H3,(H2,29,30,31)/t25-/m0/s1. The lowest BCUT2D eigenvalue weighted by molar-refractivity contribution is 0.141. The maximum atomic E-state index is 11.1. The van der Waals surface area contributed by atoms with Crippen molar-refractivity contribution < 1.29 is 24.0 Å². The molecule has 0 aliphatic rings. The quantitative estimate of drug-likeness (QED) is 0.216. The first-order valence-corrected chi connectivity index (χ1v) is 13.6. The zero-order valence-electron chi connectivity index (χ0n) is 18.9. The minimum absolute atomic E-state index is 0.197. The number of hydrogen-bond acceptors (Lipinski definition) is 5. The van der Waals surface area contributed by atoms with E-state index in [0.717, 1.165) is 32.9 Å². The van der Waals surface area contributed by atoms with Gasteiger partial charge in [0, 0.05) is 15.5 Å². The second-order valence-corrected chi connectivity index (χ2v) is 11.0. The zero-order chi connectivity index (χ0) is 24.8. The van der Waals surface area contributed by atoms with Crippen molar-refractivity contribution >= 4 is 31.2 Å². The monoisotopic (exact) mass is 521 g/mol. The molecule has 0 bridgehead atoms. The molecule has 9 heteroatoms. The third kappa shape index (κ3) is 7.85. The second kappa shape index (κ2) is 11.7. The van der Waals surface area contributed by atoms with E-state index < -0.39 is 13.4 Å². The minimum Gasteiger partial charge on any atom is -0.507 e. The number of aryl methyl sites for hydroxylation is 1. The summed E-state index contributed by atoms with van der Waals surface area (Å²) in [5, 5.41) is 10.9.